The highest BCUT2D eigenvalue weighted by molar-refractivity contribution is 7.14. The van der Waals surface area contributed by atoms with Crippen molar-refractivity contribution in [2.45, 2.75) is 0 Å². The lowest BCUT2D eigenvalue weighted by molar-refractivity contribution is 0.208. The van der Waals surface area contributed by atoms with E-state index in [0.29, 0.717) is 13.1 Å². The highest BCUT2D eigenvalue weighted by Crippen LogP contribution is 2.18. The molecule has 1 saturated heterocycles. The average Bonchev–Trinajstić information content (AvgIpc) is 3.36. The topological polar surface area (TPSA) is 66.3 Å². The smallest absolute Gasteiger partial charge is 0.322 e. The Hall–Kier alpha value is -2.87. The minimum absolute atomic E-state index is 0.0437. The number of carbonyl (C=O) groups is 1. The first-order chi connectivity index (χ1) is 12.3. The van der Waals surface area contributed by atoms with Gasteiger partial charge in [-0.3, -0.25) is 5.32 Å². The van der Waals surface area contributed by atoms with Crippen LogP contribution in [0.2, 0.25) is 0 Å². The summed E-state index contributed by atoms with van der Waals surface area (Å²) in [6, 6.07) is 9.69. The molecule has 0 saturated carbocycles. The van der Waals surface area contributed by atoms with Crippen LogP contribution in [0.15, 0.2) is 54.4 Å². The molecular formula is C17H18N6OS. The van der Waals surface area contributed by atoms with Crippen molar-refractivity contribution in [3.05, 3.63) is 54.4 Å². The van der Waals surface area contributed by atoms with Crippen molar-refractivity contribution in [1.29, 1.82) is 0 Å². The van der Waals surface area contributed by atoms with E-state index in [1.54, 1.807) is 6.33 Å². The number of carbonyl (C=O) groups excluding carboxylic acids is 1. The Labute approximate surface area is 149 Å². The molecule has 4 heterocycles. The number of thiophene rings is 1. The standard InChI is InChI=1S/C17H18N6OS/c24-17(20-16-4-3-11-25-16)23-9-7-22(8-10-23)15-12-14(18-13-19-15)21-5-1-2-6-21/h1-6,11-13H,7-10H2,(H,20,24). The Morgan fingerprint density at radius 2 is 1.80 bits per heavy atom. The first-order valence-corrected chi connectivity index (χ1v) is 8.97. The van der Waals surface area contributed by atoms with Gasteiger partial charge in [0.15, 0.2) is 0 Å². The van der Waals surface area contributed by atoms with Gasteiger partial charge in [-0.2, -0.15) is 0 Å². The molecule has 3 aromatic heterocycles. The van der Waals surface area contributed by atoms with Crippen LogP contribution in [-0.2, 0) is 0 Å². The van der Waals surface area contributed by atoms with Crippen LogP contribution in [0, 0.1) is 0 Å². The SMILES string of the molecule is O=C(Nc1cccs1)N1CCN(c2cc(-n3cccc3)ncn2)CC1. The quantitative estimate of drug-likeness (QED) is 0.785. The molecule has 1 aliphatic heterocycles. The Balaban J connectivity index is 1.39. The van der Waals surface area contributed by atoms with Crippen molar-refractivity contribution >= 4 is 28.2 Å². The molecule has 0 aromatic carbocycles. The third-order valence-electron chi connectivity index (χ3n) is 4.15. The van der Waals surface area contributed by atoms with Gasteiger partial charge < -0.3 is 14.4 Å². The van der Waals surface area contributed by atoms with E-state index in [1.165, 1.54) is 11.3 Å². The summed E-state index contributed by atoms with van der Waals surface area (Å²) in [6.07, 6.45) is 5.50. The minimum atomic E-state index is -0.0437. The van der Waals surface area contributed by atoms with E-state index in [2.05, 4.69) is 20.2 Å². The first kappa shape index (κ1) is 15.6. The van der Waals surface area contributed by atoms with Crippen LogP contribution in [0.4, 0.5) is 15.6 Å². The normalized spacial score (nSPS) is 14.6. The second-order valence-electron chi connectivity index (χ2n) is 5.71. The first-order valence-electron chi connectivity index (χ1n) is 8.09. The fourth-order valence-electron chi connectivity index (χ4n) is 2.81. The van der Waals surface area contributed by atoms with Gasteiger partial charge in [-0.1, -0.05) is 0 Å². The van der Waals surface area contributed by atoms with Crippen molar-refractivity contribution in [1.82, 2.24) is 19.4 Å². The zero-order valence-electron chi connectivity index (χ0n) is 13.6. The summed E-state index contributed by atoms with van der Waals surface area (Å²) in [7, 11) is 0. The zero-order valence-corrected chi connectivity index (χ0v) is 14.4. The number of urea groups is 1. The van der Waals surface area contributed by atoms with Gasteiger partial charge in [-0.15, -0.1) is 11.3 Å². The number of nitrogens with one attached hydrogen (secondary N) is 1. The summed E-state index contributed by atoms with van der Waals surface area (Å²) < 4.78 is 1.95. The molecule has 1 N–H and O–H groups in total. The number of amides is 2. The highest BCUT2D eigenvalue weighted by atomic mass is 32.1. The molecule has 0 unspecified atom stereocenters. The van der Waals surface area contributed by atoms with E-state index >= 15 is 0 Å². The van der Waals surface area contributed by atoms with Gasteiger partial charge in [0, 0.05) is 44.6 Å². The maximum Gasteiger partial charge on any atom is 0.322 e. The van der Waals surface area contributed by atoms with Crippen LogP contribution in [0.1, 0.15) is 0 Å². The molecule has 4 rings (SSSR count). The molecule has 1 fully saturated rings. The largest absolute Gasteiger partial charge is 0.353 e. The lowest BCUT2D eigenvalue weighted by Crippen LogP contribution is -2.50. The fourth-order valence-corrected chi connectivity index (χ4v) is 3.42. The lowest BCUT2D eigenvalue weighted by atomic mass is 10.3. The molecule has 3 aromatic rings. The molecular weight excluding hydrogens is 336 g/mol. The van der Waals surface area contributed by atoms with Crippen LogP contribution < -0.4 is 10.2 Å². The molecule has 0 atom stereocenters. The minimum Gasteiger partial charge on any atom is -0.353 e. The fraction of sp³-hybridized carbons (Fsp3) is 0.235. The van der Waals surface area contributed by atoms with E-state index in [1.807, 2.05) is 57.6 Å². The van der Waals surface area contributed by atoms with Crippen molar-refractivity contribution in [2.24, 2.45) is 0 Å². The number of aromatic nitrogens is 3. The van der Waals surface area contributed by atoms with Gasteiger partial charge in [0.05, 0.1) is 5.00 Å². The molecule has 0 spiro atoms. The summed E-state index contributed by atoms with van der Waals surface area (Å²) in [6.45, 7) is 2.83. The van der Waals surface area contributed by atoms with E-state index in [-0.39, 0.29) is 6.03 Å². The van der Waals surface area contributed by atoms with Crippen LogP contribution in [0.3, 0.4) is 0 Å². The van der Waals surface area contributed by atoms with E-state index in [0.717, 1.165) is 29.7 Å². The molecule has 0 bridgehead atoms. The molecule has 128 valence electrons. The predicted octanol–water partition coefficient (Wildman–Crippen LogP) is 2.68. The Bertz CT molecular complexity index is 825. The Kier molecular flexibility index (Phi) is 4.34. The summed E-state index contributed by atoms with van der Waals surface area (Å²) in [4.78, 5) is 25.0. The van der Waals surface area contributed by atoms with Crippen molar-refractivity contribution in [3.8, 4) is 5.82 Å². The number of rotatable bonds is 3. The number of hydrogen-bond acceptors (Lipinski definition) is 5. The summed E-state index contributed by atoms with van der Waals surface area (Å²) in [5.41, 5.74) is 0. The van der Waals surface area contributed by atoms with E-state index < -0.39 is 0 Å². The number of nitrogens with zero attached hydrogens (tertiary/aromatic N) is 5. The maximum absolute atomic E-state index is 12.3. The van der Waals surface area contributed by atoms with Gasteiger partial charge in [-0.25, -0.2) is 14.8 Å². The summed E-state index contributed by atoms with van der Waals surface area (Å²) in [5, 5.41) is 5.76. The zero-order chi connectivity index (χ0) is 17.1. The maximum atomic E-state index is 12.3. The molecule has 25 heavy (non-hydrogen) atoms. The molecule has 1 aliphatic rings. The molecule has 2 amide bonds. The highest BCUT2D eigenvalue weighted by Gasteiger charge is 2.22. The second-order valence-corrected chi connectivity index (χ2v) is 6.65. The van der Waals surface area contributed by atoms with Crippen LogP contribution in [-0.4, -0.2) is 51.6 Å². The number of anilines is 2. The van der Waals surface area contributed by atoms with Gasteiger partial charge >= 0.3 is 6.03 Å². The van der Waals surface area contributed by atoms with Gasteiger partial charge in [0.25, 0.3) is 0 Å². The van der Waals surface area contributed by atoms with E-state index in [9.17, 15) is 4.79 Å². The molecule has 0 radical (unpaired) electrons. The van der Waals surface area contributed by atoms with Crippen molar-refractivity contribution < 1.29 is 4.79 Å². The average molecular weight is 354 g/mol. The third-order valence-corrected chi connectivity index (χ3v) is 4.93. The second kappa shape index (κ2) is 6.94. The predicted molar refractivity (Wildman–Crippen MR) is 98.5 cm³/mol. The van der Waals surface area contributed by atoms with Crippen LogP contribution in [0.5, 0.6) is 0 Å². The van der Waals surface area contributed by atoms with Crippen molar-refractivity contribution in [3.63, 3.8) is 0 Å². The van der Waals surface area contributed by atoms with Gasteiger partial charge in [0.1, 0.15) is 18.0 Å². The van der Waals surface area contributed by atoms with E-state index in [4.69, 9.17) is 0 Å². The lowest BCUT2D eigenvalue weighted by Gasteiger charge is -2.35. The monoisotopic (exact) mass is 354 g/mol. The van der Waals surface area contributed by atoms with Crippen molar-refractivity contribution in [2.75, 3.05) is 36.4 Å². The third kappa shape index (κ3) is 3.48. The number of hydrogen-bond donors (Lipinski definition) is 1. The molecule has 0 aliphatic carbocycles. The van der Waals surface area contributed by atoms with Crippen LogP contribution >= 0.6 is 11.3 Å². The molecule has 8 heteroatoms. The van der Waals surface area contributed by atoms with Gasteiger partial charge in [0.2, 0.25) is 0 Å². The van der Waals surface area contributed by atoms with Crippen LogP contribution in [0.25, 0.3) is 5.82 Å². The Morgan fingerprint density at radius 3 is 2.52 bits per heavy atom. The van der Waals surface area contributed by atoms with Gasteiger partial charge in [-0.05, 0) is 29.6 Å². The Morgan fingerprint density at radius 1 is 1.04 bits per heavy atom. The molecule has 7 nitrogen and oxygen atoms in total. The number of piperazine rings is 1. The summed E-state index contributed by atoms with van der Waals surface area (Å²) in [5.74, 6) is 1.73. The summed E-state index contributed by atoms with van der Waals surface area (Å²) >= 11 is 1.52.